The molecule has 2 aromatic carbocycles. The van der Waals surface area contributed by atoms with E-state index in [0.717, 1.165) is 33.8 Å². The first-order valence-electron chi connectivity index (χ1n) is 9.62. The topological polar surface area (TPSA) is 51.5 Å². The fraction of sp³-hybridized carbons (Fsp3) is 0.292. The summed E-state index contributed by atoms with van der Waals surface area (Å²) in [6.45, 7) is 7.42. The minimum Gasteiger partial charge on any atom is -0.491 e. The molecule has 0 aliphatic carbocycles. The number of aryl methyl sites for hydroxylation is 4. The smallest absolute Gasteiger partial charge is 0.303 e. The van der Waals surface area contributed by atoms with Gasteiger partial charge in [0, 0.05) is 11.4 Å². The molecule has 0 unspecified atom stereocenters. The molecule has 4 heteroatoms. The van der Waals surface area contributed by atoms with Gasteiger partial charge in [-0.3, -0.25) is 4.79 Å². The third kappa shape index (κ3) is 4.63. The van der Waals surface area contributed by atoms with E-state index in [9.17, 15) is 4.79 Å². The average Bonchev–Trinajstić information content (AvgIpc) is 3.05. The minimum absolute atomic E-state index is 0.120. The van der Waals surface area contributed by atoms with E-state index >= 15 is 0 Å². The van der Waals surface area contributed by atoms with Crippen LogP contribution in [-0.4, -0.2) is 22.2 Å². The molecule has 0 amide bonds. The van der Waals surface area contributed by atoms with Crippen LogP contribution in [0.25, 0.3) is 11.3 Å². The Hall–Kier alpha value is -3.01. The molecule has 0 fully saturated rings. The van der Waals surface area contributed by atoms with Crippen molar-refractivity contribution in [2.75, 3.05) is 6.61 Å². The zero-order valence-corrected chi connectivity index (χ0v) is 16.7. The van der Waals surface area contributed by atoms with Crippen LogP contribution in [0.15, 0.2) is 54.6 Å². The summed E-state index contributed by atoms with van der Waals surface area (Å²) in [6.07, 6.45) is 0.625. The Balaban J connectivity index is 1.81. The largest absolute Gasteiger partial charge is 0.491 e. The summed E-state index contributed by atoms with van der Waals surface area (Å²) in [5, 5.41) is 9.06. The highest BCUT2D eigenvalue weighted by Gasteiger charge is 2.12. The zero-order valence-electron chi connectivity index (χ0n) is 16.7. The summed E-state index contributed by atoms with van der Waals surface area (Å²) in [4.78, 5) is 11.0. The van der Waals surface area contributed by atoms with Gasteiger partial charge in [0.2, 0.25) is 0 Å². The molecule has 3 rings (SSSR count). The lowest BCUT2D eigenvalue weighted by atomic mass is 10.1. The molecule has 0 bridgehead atoms. The first-order valence-corrected chi connectivity index (χ1v) is 9.62. The predicted molar refractivity (Wildman–Crippen MR) is 112 cm³/mol. The van der Waals surface area contributed by atoms with Crippen molar-refractivity contribution >= 4 is 5.97 Å². The van der Waals surface area contributed by atoms with Gasteiger partial charge in [0.15, 0.2) is 0 Å². The highest BCUT2D eigenvalue weighted by Crippen LogP contribution is 2.26. The zero-order chi connectivity index (χ0) is 20.1. The van der Waals surface area contributed by atoms with E-state index < -0.39 is 5.97 Å². The molecule has 1 N–H and O–H groups in total. The molecule has 0 aliphatic heterocycles. The van der Waals surface area contributed by atoms with E-state index in [-0.39, 0.29) is 6.42 Å². The van der Waals surface area contributed by atoms with Crippen molar-refractivity contribution in [2.24, 2.45) is 0 Å². The van der Waals surface area contributed by atoms with Gasteiger partial charge >= 0.3 is 5.97 Å². The lowest BCUT2D eigenvalue weighted by molar-refractivity contribution is -0.136. The monoisotopic (exact) mass is 377 g/mol. The number of aromatic nitrogens is 1. The van der Waals surface area contributed by atoms with Crippen LogP contribution < -0.4 is 4.74 Å². The first-order chi connectivity index (χ1) is 13.5. The van der Waals surface area contributed by atoms with Crippen molar-refractivity contribution in [3.8, 4) is 17.0 Å². The molecule has 0 atom stereocenters. The summed E-state index contributed by atoms with van der Waals surface area (Å²) >= 11 is 0. The molecule has 0 aliphatic rings. The maximum Gasteiger partial charge on any atom is 0.303 e. The van der Waals surface area contributed by atoms with Crippen LogP contribution >= 0.6 is 0 Å². The van der Waals surface area contributed by atoms with E-state index in [1.54, 1.807) is 0 Å². The molecule has 0 saturated heterocycles. The molecule has 4 nitrogen and oxygen atoms in total. The Morgan fingerprint density at radius 3 is 2.32 bits per heavy atom. The Labute approximate surface area is 166 Å². The van der Waals surface area contributed by atoms with E-state index in [0.29, 0.717) is 19.6 Å². The lowest BCUT2D eigenvalue weighted by Gasteiger charge is -2.17. The van der Waals surface area contributed by atoms with Crippen LogP contribution in [0, 0.1) is 20.8 Å². The van der Waals surface area contributed by atoms with Crippen LogP contribution in [0.1, 0.15) is 28.8 Å². The van der Waals surface area contributed by atoms with Gasteiger partial charge in [-0.2, -0.15) is 0 Å². The average molecular weight is 377 g/mol. The van der Waals surface area contributed by atoms with Gasteiger partial charge in [-0.25, -0.2) is 0 Å². The number of carboxylic acid groups (broad SMARTS) is 1. The van der Waals surface area contributed by atoms with Crippen molar-refractivity contribution in [2.45, 2.75) is 40.2 Å². The van der Waals surface area contributed by atoms with Crippen molar-refractivity contribution in [1.29, 1.82) is 0 Å². The van der Waals surface area contributed by atoms with Crippen molar-refractivity contribution < 1.29 is 14.6 Å². The van der Waals surface area contributed by atoms with Gasteiger partial charge in [0.05, 0.1) is 13.0 Å². The normalized spacial score (nSPS) is 10.8. The molecule has 0 radical (unpaired) electrons. The molecule has 1 aromatic heterocycles. The third-order valence-corrected chi connectivity index (χ3v) is 4.90. The fourth-order valence-corrected chi connectivity index (χ4v) is 3.72. The number of aliphatic carboxylic acids is 1. The Kier molecular flexibility index (Phi) is 6.19. The lowest BCUT2D eigenvalue weighted by Crippen LogP contribution is -2.13. The number of ether oxygens (including phenoxy) is 1. The third-order valence-electron chi connectivity index (χ3n) is 4.90. The molecule has 28 heavy (non-hydrogen) atoms. The summed E-state index contributed by atoms with van der Waals surface area (Å²) in [6, 6.07) is 18.5. The van der Waals surface area contributed by atoms with Crippen LogP contribution in [0.4, 0.5) is 0 Å². The summed E-state index contributed by atoms with van der Waals surface area (Å²) < 4.78 is 8.31. The van der Waals surface area contributed by atoms with Crippen molar-refractivity contribution in [3.63, 3.8) is 0 Å². The molecule has 3 aromatic rings. The second-order valence-electron chi connectivity index (χ2n) is 7.20. The van der Waals surface area contributed by atoms with Crippen LogP contribution in [0.3, 0.4) is 0 Å². The minimum atomic E-state index is -0.781. The van der Waals surface area contributed by atoms with Crippen LogP contribution in [-0.2, 0) is 17.8 Å². The predicted octanol–water partition coefficient (Wildman–Crippen LogP) is 5.18. The highest BCUT2D eigenvalue weighted by molar-refractivity contribution is 5.67. The van der Waals surface area contributed by atoms with Crippen LogP contribution in [0.2, 0.25) is 0 Å². The molecular formula is C24H27NO3. The van der Waals surface area contributed by atoms with Gasteiger partial charge in [-0.15, -0.1) is 0 Å². The highest BCUT2D eigenvalue weighted by atomic mass is 16.5. The molecule has 1 heterocycles. The Morgan fingerprint density at radius 1 is 1.00 bits per heavy atom. The van der Waals surface area contributed by atoms with E-state index in [1.807, 2.05) is 24.3 Å². The van der Waals surface area contributed by atoms with Crippen molar-refractivity contribution in [1.82, 2.24) is 4.57 Å². The second kappa shape index (κ2) is 8.79. The van der Waals surface area contributed by atoms with E-state index in [1.165, 1.54) is 5.56 Å². The Bertz CT molecular complexity index is 934. The van der Waals surface area contributed by atoms with Gasteiger partial charge in [0.25, 0.3) is 0 Å². The molecule has 146 valence electrons. The number of nitrogens with zero attached hydrogens (tertiary/aromatic N) is 1. The Morgan fingerprint density at radius 2 is 1.68 bits per heavy atom. The first kappa shape index (κ1) is 19.7. The number of carboxylic acids is 1. The number of hydrogen-bond acceptors (Lipinski definition) is 2. The van der Waals surface area contributed by atoms with Gasteiger partial charge < -0.3 is 14.4 Å². The number of benzene rings is 2. The van der Waals surface area contributed by atoms with E-state index in [4.69, 9.17) is 9.84 Å². The maximum atomic E-state index is 11.0. The second-order valence-corrected chi connectivity index (χ2v) is 7.20. The summed E-state index contributed by atoms with van der Waals surface area (Å²) in [5.41, 5.74) is 6.73. The summed E-state index contributed by atoms with van der Waals surface area (Å²) in [7, 11) is 0. The SMILES string of the molecule is Cc1cc(C)c(OCCn2c(CCC(=O)O)ccc2-c2ccccc2)c(C)c1. The van der Waals surface area contributed by atoms with Crippen LogP contribution in [0.5, 0.6) is 5.75 Å². The van der Waals surface area contributed by atoms with E-state index in [2.05, 4.69) is 55.7 Å². The van der Waals surface area contributed by atoms with Crippen molar-refractivity contribution in [3.05, 3.63) is 77.0 Å². The maximum absolute atomic E-state index is 11.0. The number of rotatable bonds is 8. The van der Waals surface area contributed by atoms with Gasteiger partial charge in [0.1, 0.15) is 12.4 Å². The summed E-state index contributed by atoms with van der Waals surface area (Å²) in [5.74, 6) is 0.155. The quantitative estimate of drug-likeness (QED) is 0.589. The molecule has 0 spiro atoms. The van der Waals surface area contributed by atoms with Gasteiger partial charge in [-0.05, 0) is 56.0 Å². The fourth-order valence-electron chi connectivity index (χ4n) is 3.72. The standard InChI is InChI=1S/C24H27NO3/c1-17-15-18(2)24(19(3)16-17)28-14-13-25-21(10-12-23(26)27)9-11-22(25)20-7-5-4-6-8-20/h4-9,11,15-16H,10,12-14H2,1-3H3,(H,26,27). The van der Waals surface area contributed by atoms with Gasteiger partial charge in [-0.1, -0.05) is 48.0 Å². The number of hydrogen-bond donors (Lipinski definition) is 1. The molecule has 0 saturated carbocycles. The molecular weight excluding hydrogens is 350 g/mol. The number of carbonyl (C=O) groups is 1.